The first-order chi connectivity index (χ1) is 15.2. The van der Waals surface area contributed by atoms with Gasteiger partial charge in [0, 0.05) is 18.8 Å². The highest BCUT2D eigenvalue weighted by molar-refractivity contribution is 7.89. The van der Waals surface area contributed by atoms with E-state index < -0.39 is 16.1 Å². The molecule has 7 heteroatoms. The second-order valence-corrected chi connectivity index (χ2v) is 9.96. The first kappa shape index (κ1) is 25.9. The second kappa shape index (κ2) is 12.0. The zero-order chi connectivity index (χ0) is 23.7. The van der Waals surface area contributed by atoms with Gasteiger partial charge in [-0.2, -0.15) is 4.31 Å². The topological polar surface area (TPSA) is 75.7 Å². The van der Waals surface area contributed by atoms with E-state index >= 15 is 0 Å². The van der Waals surface area contributed by atoms with E-state index in [4.69, 9.17) is 4.74 Å². The van der Waals surface area contributed by atoms with Crippen molar-refractivity contribution in [3.63, 3.8) is 0 Å². The third-order valence-electron chi connectivity index (χ3n) is 5.44. The molecule has 0 aliphatic rings. The number of sulfonamides is 1. The number of anilines is 1. The van der Waals surface area contributed by atoms with Gasteiger partial charge in [-0.25, -0.2) is 8.42 Å². The molecule has 0 aromatic heterocycles. The van der Waals surface area contributed by atoms with Crippen molar-refractivity contribution in [2.45, 2.75) is 70.8 Å². The molecule has 32 heavy (non-hydrogen) atoms. The zero-order valence-electron chi connectivity index (χ0n) is 19.8. The first-order valence-electron chi connectivity index (χ1n) is 11.4. The fourth-order valence-corrected chi connectivity index (χ4v) is 5.04. The van der Waals surface area contributed by atoms with Gasteiger partial charge in [0.25, 0.3) is 5.91 Å². The summed E-state index contributed by atoms with van der Waals surface area (Å²) in [6.07, 6.45) is 1.79. The number of hydrogen-bond acceptors (Lipinski definition) is 4. The SMILES string of the molecule is CCCN(CCC)S(=O)(=O)c1ccc(NC(=O)C(C)Oc2ccccc2C(C)CC)cc1. The van der Waals surface area contributed by atoms with Gasteiger partial charge in [0.2, 0.25) is 10.0 Å². The fourth-order valence-electron chi connectivity index (χ4n) is 3.41. The summed E-state index contributed by atoms with van der Waals surface area (Å²) in [5, 5.41) is 2.81. The zero-order valence-corrected chi connectivity index (χ0v) is 20.6. The predicted molar refractivity (Wildman–Crippen MR) is 130 cm³/mol. The molecule has 2 unspecified atom stereocenters. The Labute approximate surface area is 193 Å². The molecule has 0 spiro atoms. The maximum atomic E-state index is 12.9. The molecular weight excluding hydrogens is 424 g/mol. The highest BCUT2D eigenvalue weighted by Gasteiger charge is 2.23. The minimum Gasteiger partial charge on any atom is -0.481 e. The van der Waals surface area contributed by atoms with Gasteiger partial charge in [0.15, 0.2) is 6.10 Å². The Morgan fingerprint density at radius 1 is 0.969 bits per heavy atom. The Hall–Kier alpha value is -2.38. The van der Waals surface area contributed by atoms with Crippen molar-refractivity contribution in [3.05, 3.63) is 54.1 Å². The molecule has 1 N–H and O–H groups in total. The quantitative estimate of drug-likeness (QED) is 0.459. The normalized spacial score (nSPS) is 13.6. The van der Waals surface area contributed by atoms with Crippen LogP contribution in [0, 0.1) is 0 Å². The van der Waals surface area contributed by atoms with Crippen LogP contribution in [0.1, 0.15) is 65.4 Å². The van der Waals surface area contributed by atoms with E-state index in [1.807, 2.05) is 38.1 Å². The van der Waals surface area contributed by atoms with Crippen LogP contribution in [0.5, 0.6) is 5.75 Å². The van der Waals surface area contributed by atoms with E-state index in [1.165, 1.54) is 16.4 Å². The lowest BCUT2D eigenvalue weighted by atomic mass is 9.98. The van der Waals surface area contributed by atoms with E-state index in [0.29, 0.717) is 30.4 Å². The average Bonchev–Trinajstić information content (AvgIpc) is 2.79. The molecule has 2 aromatic carbocycles. The van der Waals surface area contributed by atoms with E-state index in [2.05, 4.69) is 19.2 Å². The Balaban J connectivity index is 2.08. The Morgan fingerprint density at radius 2 is 1.56 bits per heavy atom. The van der Waals surface area contributed by atoms with E-state index in [9.17, 15) is 13.2 Å². The highest BCUT2D eigenvalue weighted by Crippen LogP contribution is 2.29. The third kappa shape index (κ3) is 6.56. The number of para-hydroxylation sites is 1. The van der Waals surface area contributed by atoms with E-state index in [1.54, 1.807) is 19.1 Å². The monoisotopic (exact) mass is 460 g/mol. The number of nitrogens with one attached hydrogen (secondary N) is 1. The standard InChI is InChI=1S/C25H36N2O4S/c1-6-17-27(18-7-2)32(29,30)22-15-13-21(14-16-22)26-25(28)20(5)31-24-12-10-9-11-23(24)19(4)8-3/h9-16,19-20H,6-8,17-18H2,1-5H3,(H,26,28). The summed E-state index contributed by atoms with van der Waals surface area (Å²) in [6, 6.07) is 14.1. The number of rotatable bonds is 12. The lowest BCUT2D eigenvalue weighted by Gasteiger charge is -2.21. The van der Waals surface area contributed by atoms with Crippen LogP contribution in [0.25, 0.3) is 0 Å². The summed E-state index contributed by atoms with van der Waals surface area (Å²) < 4.78 is 33.2. The maximum absolute atomic E-state index is 12.9. The molecule has 176 valence electrons. The lowest BCUT2D eigenvalue weighted by molar-refractivity contribution is -0.122. The molecule has 2 rings (SSSR count). The van der Waals surface area contributed by atoms with Crippen molar-refractivity contribution in [1.29, 1.82) is 0 Å². The van der Waals surface area contributed by atoms with Crippen molar-refractivity contribution in [2.24, 2.45) is 0 Å². The number of ether oxygens (including phenoxy) is 1. The summed E-state index contributed by atoms with van der Waals surface area (Å²) >= 11 is 0. The number of amides is 1. The number of benzene rings is 2. The summed E-state index contributed by atoms with van der Waals surface area (Å²) in [4.78, 5) is 12.9. The number of hydrogen-bond donors (Lipinski definition) is 1. The number of carbonyl (C=O) groups excluding carboxylic acids is 1. The Morgan fingerprint density at radius 3 is 2.12 bits per heavy atom. The second-order valence-electron chi connectivity index (χ2n) is 8.02. The van der Waals surface area contributed by atoms with Crippen molar-refractivity contribution in [2.75, 3.05) is 18.4 Å². The van der Waals surface area contributed by atoms with Gasteiger partial charge < -0.3 is 10.1 Å². The van der Waals surface area contributed by atoms with Crippen molar-refractivity contribution < 1.29 is 17.9 Å². The summed E-state index contributed by atoms with van der Waals surface area (Å²) in [5.74, 6) is 0.743. The maximum Gasteiger partial charge on any atom is 0.265 e. The largest absolute Gasteiger partial charge is 0.481 e. The van der Waals surface area contributed by atoms with Crippen LogP contribution in [0.15, 0.2) is 53.4 Å². The molecule has 0 saturated heterocycles. The molecule has 0 fully saturated rings. The molecule has 1 amide bonds. The van der Waals surface area contributed by atoms with Gasteiger partial charge in [-0.15, -0.1) is 0 Å². The highest BCUT2D eigenvalue weighted by atomic mass is 32.2. The molecule has 2 atom stereocenters. The van der Waals surface area contributed by atoms with Crippen LogP contribution in [0.4, 0.5) is 5.69 Å². The fraction of sp³-hybridized carbons (Fsp3) is 0.480. The summed E-state index contributed by atoms with van der Waals surface area (Å²) in [6.45, 7) is 10.8. The van der Waals surface area contributed by atoms with Gasteiger partial charge in [-0.05, 0) is 68.0 Å². The van der Waals surface area contributed by atoms with Crippen molar-refractivity contribution >= 4 is 21.6 Å². The molecular formula is C25H36N2O4S. The average molecular weight is 461 g/mol. The van der Waals surface area contributed by atoms with Crippen LogP contribution in [0.3, 0.4) is 0 Å². The molecule has 0 saturated carbocycles. The first-order valence-corrected chi connectivity index (χ1v) is 12.8. The number of nitrogens with zero attached hydrogens (tertiary/aromatic N) is 1. The predicted octanol–water partition coefficient (Wildman–Crippen LogP) is 5.42. The Bertz CT molecular complexity index is 968. The smallest absolute Gasteiger partial charge is 0.265 e. The Kier molecular flexibility index (Phi) is 9.72. The molecule has 0 radical (unpaired) electrons. The minimum atomic E-state index is -3.55. The van der Waals surface area contributed by atoms with Gasteiger partial charge in [0.05, 0.1) is 4.90 Å². The molecule has 2 aromatic rings. The lowest BCUT2D eigenvalue weighted by Crippen LogP contribution is -2.32. The van der Waals surface area contributed by atoms with Gasteiger partial charge >= 0.3 is 0 Å². The van der Waals surface area contributed by atoms with Crippen molar-refractivity contribution in [3.8, 4) is 5.75 Å². The van der Waals surface area contributed by atoms with Crippen LogP contribution >= 0.6 is 0 Å². The van der Waals surface area contributed by atoms with E-state index in [-0.39, 0.29) is 10.8 Å². The molecule has 0 aliphatic carbocycles. The molecule has 0 aliphatic heterocycles. The minimum absolute atomic E-state index is 0.226. The molecule has 0 heterocycles. The molecule has 6 nitrogen and oxygen atoms in total. The van der Waals surface area contributed by atoms with Crippen molar-refractivity contribution in [1.82, 2.24) is 4.31 Å². The third-order valence-corrected chi connectivity index (χ3v) is 7.35. The molecule has 0 bridgehead atoms. The number of carbonyl (C=O) groups is 1. The van der Waals surface area contributed by atoms with Gasteiger partial charge in [-0.3, -0.25) is 4.79 Å². The van der Waals surface area contributed by atoms with Crippen LogP contribution in [-0.2, 0) is 14.8 Å². The summed E-state index contributed by atoms with van der Waals surface area (Å²) in [7, 11) is -3.55. The van der Waals surface area contributed by atoms with Crippen LogP contribution in [-0.4, -0.2) is 37.8 Å². The van der Waals surface area contributed by atoms with Gasteiger partial charge in [-0.1, -0.05) is 45.9 Å². The summed E-state index contributed by atoms with van der Waals surface area (Å²) in [5.41, 5.74) is 1.60. The van der Waals surface area contributed by atoms with Crippen LogP contribution in [0.2, 0.25) is 0 Å². The van der Waals surface area contributed by atoms with E-state index in [0.717, 1.165) is 24.8 Å². The van der Waals surface area contributed by atoms with Gasteiger partial charge in [0.1, 0.15) is 5.75 Å². The van der Waals surface area contributed by atoms with Crippen LogP contribution < -0.4 is 10.1 Å².